The molecule has 7 heteroatoms. The van der Waals surface area contributed by atoms with Crippen LogP contribution in [0.3, 0.4) is 0 Å². The van der Waals surface area contributed by atoms with E-state index in [4.69, 9.17) is 11.6 Å². The van der Waals surface area contributed by atoms with Crippen molar-refractivity contribution in [2.45, 2.75) is 6.04 Å². The fourth-order valence-electron chi connectivity index (χ4n) is 2.16. The Morgan fingerprint density at radius 3 is 2.37 bits per heavy atom. The van der Waals surface area contributed by atoms with Crippen molar-refractivity contribution in [2.75, 3.05) is 32.9 Å². The minimum Gasteiger partial charge on any atom is -0.314 e. The maximum absolute atomic E-state index is 13.3. The van der Waals surface area contributed by atoms with Crippen LogP contribution in [0.25, 0.3) is 0 Å². The molecule has 1 aliphatic rings. The number of nitrogens with one attached hydrogen (secondary N) is 1. The van der Waals surface area contributed by atoms with Crippen molar-refractivity contribution < 1.29 is 8.78 Å². The molecule has 0 radical (unpaired) electrons. The van der Waals surface area contributed by atoms with Crippen LogP contribution in [-0.4, -0.2) is 37.8 Å². The molecular formula is C12H17Cl3F2N2. The topological polar surface area (TPSA) is 15.3 Å². The van der Waals surface area contributed by atoms with Crippen molar-refractivity contribution in [3.8, 4) is 0 Å². The normalized spacial score (nSPS) is 17.2. The van der Waals surface area contributed by atoms with Crippen LogP contribution in [0.5, 0.6) is 0 Å². The molecule has 0 aliphatic carbocycles. The van der Waals surface area contributed by atoms with Crippen molar-refractivity contribution in [3.63, 3.8) is 0 Å². The van der Waals surface area contributed by atoms with Crippen LogP contribution in [0.1, 0.15) is 11.6 Å². The van der Waals surface area contributed by atoms with Gasteiger partial charge in [0, 0.05) is 31.2 Å². The van der Waals surface area contributed by atoms with E-state index < -0.39 is 18.5 Å². The number of hydrogen-bond donors (Lipinski definition) is 1. The molecule has 1 heterocycles. The van der Waals surface area contributed by atoms with Gasteiger partial charge < -0.3 is 5.32 Å². The molecule has 1 aromatic carbocycles. The van der Waals surface area contributed by atoms with Crippen LogP contribution in [0.15, 0.2) is 18.2 Å². The summed E-state index contributed by atoms with van der Waals surface area (Å²) in [6.45, 7) is 2.67. The highest BCUT2D eigenvalue weighted by molar-refractivity contribution is 6.30. The number of halogens is 5. The van der Waals surface area contributed by atoms with E-state index in [1.807, 2.05) is 4.90 Å². The van der Waals surface area contributed by atoms with Crippen LogP contribution in [0.2, 0.25) is 5.02 Å². The van der Waals surface area contributed by atoms with Gasteiger partial charge in [-0.2, -0.15) is 0 Å². The van der Waals surface area contributed by atoms with Gasteiger partial charge in [0.1, 0.15) is 12.5 Å². The summed E-state index contributed by atoms with van der Waals surface area (Å²) in [5.74, 6) is -0.416. The van der Waals surface area contributed by atoms with Gasteiger partial charge in [0.05, 0.1) is 6.04 Å². The number of hydrogen-bond acceptors (Lipinski definition) is 2. The molecule has 1 saturated heterocycles. The van der Waals surface area contributed by atoms with Crippen LogP contribution in [-0.2, 0) is 0 Å². The highest BCUT2D eigenvalue weighted by atomic mass is 35.5. The molecule has 2 rings (SSSR count). The number of benzene rings is 1. The largest absolute Gasteiger partial charge is 0.314 e. The van der Waals surface area contributed by atoms with Gasteiger partial charge in [-0.15, -0.1) is 24.8 Å². The molecule has 1 fully saturated rings. The molecule has 0 unspecified atom stereocenters. The van der Waals surface area contributed by atoms with Gasteiger partial charge in [0.25, 0.3) is 0 Å². The van der Waals surface area contributed by atoms with Gasteiger partial charge in [0.15, 0.2) is 0 Å². The minimum absolute atomic E-state index is 0. The van der Waals surface area contributed by atoms with E-state index in [2.05, 4.69) is 5.32 Å². The van der Waals surface area contributed by atoms with Gasteiger partial charge in [-0.3, -0.25) is 4.90 Å². The Morgan fingerprint density at radius 1 is 1.21 bits per heavy atom. The van der Waals surface area contributed by atoms with E-state index in [0.29, 0.717) is 10.6 Å². The van der Waals surface area contributed by atoms with Gasteiger partial charge in [-0.25, -0.2) is 8.78 Å². The zero-order valence-electron chi connectivity index (χ0n) is 10.2. The predicted octanol–water partition coefficient (Wildman–Crippen LogP) is 3.24. The van der Waals surface area contributed by atoms with E-state index in [1.54, 1.807) is 6.07 Å². The molecule has 19 heavy (non-hydrogen) atoms. The average molecular weight is 334 g/mol. The van der Waals surface area contributed by atoms with Crippen molar-refractivity contribution in [1.82, 2.24) is 10.2 Å². The molecule has 110 valence electrons. The number of nitrogens with zero attached hydrogens (tertiary/aromatic N) is 1. The molecule has 0 bridgehead atoms. The number of piperazine rings is 1. The van der Waals surface area contributed by atoms with Gasteiger partial charge in [-0.05, 0) is 23.8 Å². The second-order valence-electron chi connectivity index (χ2n) is 4.16. The highest BCUT2D eigenvalue weighted by Gasteiger charge is 2.22. The van der Waals surface area contributed by atoms with Crippen LogP contribution in [0, 0.1) is 5.82 Å². The van der Waals surface area contributed by atoms with Crippen molar-refractivity contribution in [3.05, 3.63) is 34.6 Å². The summed E-state index contributed by atoms with van der Waals surface area (Å²) in [6, 6.07) is 3.83. The van der Waals surface area contributed by atoms with Gasteiger partial charge in [-0.1, -0.05) is 11.6 Å². The molecule has 0 spiro atoms. The third kappa shape index (κ3) is 5.04. The molecule has 1 N–H and O–H groups in total. The zero-order chi connectivity index (χ0) is 12.3. The SMILES string of the molecule is Cl.Cl.FC[C@H](c1cc(F)cc(Cl)c1)N1CCNCC1. The van der Waals surface area contributed by atoms with Crippen molar-refractivity contribution in [2.24, 2.45) is 0 Å². The first-order valence-corrected chi connectivity index (χ1v) is 6.05. The lowest BCUT2D eigenvalue weighted by Gasteiger charge is -2.33. The van der Waals surface area contributed by atoms with E-state index in [0.717, 1.165) is 26.2 Å². The Bertz CT molecular complexity index is 367. The first kappa shape index (κ1) is 18.9. The first-order valence-electron chi connectivity index (χ1n) is 5.67. The summed E-state index contributed by atoms with van der Waals surface area (Å²) in [5.41, 5.74) is 0.611. The van der Waals surface area contributed by atoms with E-state index in [9.17, 15) is 8.78 Å². The fourth-order valence-corrected chi connectivity index (χ4v) is 2.39. The molecule has 1 atom stereocenters. The van der Waals surface area contributed by atoms with Crippen molar-refractivity contribution >= 4 is 36.4 Å². The smallest absolute Gasteiger partial charge is 0.125 e. The molecule has 0 saturated carbocycles. The maximum atomic E-state index is 13.3. The summed E-state index contributed by atoms with van der Waals surface area (Å²) in [7, 11) is 0. The summed E-state index contributed by atoms with van der Waals surface area (Å²) < 4.78 is 26.4. The van der Waals surface area contributed by atoms with Gasteiger partial charge >= 0.3 is 0 Å². The molecule has 2 nitrogen and oxygen atoms in total. The van der Waals surface area contributed by atoms with Crippen molar-refractivity contribution in [1.29, 1.82) is 0 Å². The van der Waals surface area contributed by atoms with Crippen LogP contribution >= 0.6 is 36.4 Å². The number of alkyl halides is 1. The summed E-state index contributed by atoms with van der Waals surface area (Å²) >= 11 is 5.80. The second kappa shape index (κ2) is 8.93. The zero-order valence-corrected chi connectivity index (χ0v) is 12.6. The average Bonchev–Trinajstić information content (AvgIpc) is 2.30. The number of rotatable bonds is 3. The molecule has 1 aromatic rings. The molecular weight excluding hydrogens is 317 g/mol. The van der Waals surface area contributed by atoms with Crippen LogP contribution < -0.4 is 5.32 Å². The quantitative estimate of drug-likeness (QED) is 0.913. The Balaban J connectivity index is 0.00000162. The van der Waals surface area contributed by atoms with Gasteiger partial charge in [0.2, 0.25) is 0 Å². The Kier molecular flexibility index (Phi) is 8.86. The third-order valence-corrected chi connectivity index (χ3v) is 3.23. The lowest BCUT2D eigenvalue weighted by Crippen LogP contribution is -2.45. The Labute approximate surface area is 129 Å². The standard InChI is InChI=1S/C12H15ClF2N2.2ClH/c13-10-5-9(6-11(15)7-10)12(8-14)17-3-1-16-2-4-17;;/h5-7,12,16H,1-4,8H2;2*1H/t12-;;/m1../s1. The Morgan fingerprint density at radius 2 is 1.84 bits per heavy atom. The predicted molar refractivity (Wildman–Crippen MR) is 79.1 cm³/mol. The lowest BCUT2D eigenvalue weighted by molar-refractivity contribution is 0.147. The summed E-state index contributed by atoms with van der Waals surface area (Å²) in [5, 5.41) is 3.52. The maximum Gasteiger partial charge on any atom is 0.125 e. The first-order chi connectivity index (χ1) is 8.20. The third-order valence-electron chi connectivity index (χ3n) is 3.01. The Hall–Kier alpha value is -0.130. The molecule has 1 aliphatic heterocycles. The van der Waals surface area contributed by atoms with E-state index in [-0.39, 0.29) is 24.8 Å². The monoisotopic (exact) mass is 332 g/mol. The lowest BCUT2D eigenvalue weighted by atomic mass is 10.1. The molecule has 0 amide bonds. The van der Waals surface area contributed by atoms with E-state index >= 15 is 0 Å². The summed E-state index contributed by atoms with van der Waals surface area (Å²) in [4.78, 5) is 2.02. The molecule has 0 aromatic heterocycles. The van der Waals surface area contributed by atoms with Crippen LogP contribution in [0.4, 0.5) is 8.78 Å². The highest BCUT2D eigenvalue weighted by Crippen LogP contribution is 2.25. The minimum atomic E-state index is -0.528. The summed E-state index contributed by atoms with van der Waals surface area (Å²) in [6.07, 6.45) is 0. The fraction of sp³-hybridized carbons (Fsp3) is 0.500. The van der Waals surface area contributed by atoms with E-state index in [1.165, 1.54) is 12.1 Å². The second-order valence-corrected chi connectivity index (χ2v) is 4.60.